The zero-order valence-electron chi connectivity index (χ0n) is 10.2. The van der Waals surface area contributed by atoms with E-state index in [0.29, 0.717) is 6.04 Å². The third-order valence-corrected chi connectivity index (χ3v) is 4.64. The topological polar surface area (TPSA) is 28.2 Å². The van der Waals surface area contributed by atoms with Crippen molar-refractivity contribution in [3.05, 3.63) is 22.3 Å². The highest BCUT2D eigenvalue weighted by molar-refractivity contribution is 9.10. The molecule has 3 nitrogen and oxygen atoms in total. The van der Waals surface area contributed by atoms with Crippen LogP contribution >= 0.6 is 27.7 Å². The number of hydrogen-bond acceptors (Lipinski definition) is 4. The second-order valence-corrected chi connectivity index (χ2v) is 6.36. The summed E-state index contributed by atoms with van der Waals surface area (Å²) in [5, 5.41) is 3.20. The van der Waals surface area contributed by atoms with Gasteiger partial charge in [-0.25, -0.2) is 4.98 Å². The molecule has 1 aliphatic rings. The molecule has 0 spiro atoms. The van der Waals surface area contributed by atoms with Gasteiger partial charge in [-0.2, -0.15) is 11.8 Å². The summed E-state index contributed by atoms with van der Waals surface area (Å²) in [5.41, 5.74) is 1.25. The van der Waals surface area contributed by atoms with Crippen molar-refractivity contribution in [3.63, 3.8) is 0 Å². The van der Waals surface area contributed by atoms with Crippen LogP contribution in [0.5, 0.6) is 0 Å². The number of aromatic nitrogens is 1. The number of thioether (sulfide) groups is 1. The summed E-state index contributed by atoms with van der Waals surface area (Å²) in [6, 6.07) is 2.78. The number of anilines is 1. The summed E-state index contributed by atoms with van der Waals surface area (Å²) in [5.74, 6) is 3.59. The molecule has 0 bridgehead atoms. The Labute approximate surface area is 116 Å². The highest BCUT2D eigenvalue weighted by Gasteiger charge is 2.22. The van der Waals surface area contributed by atoms with E-state index in [1.54, 1.807) is 0 Å². The molecule has 0 amide bonds. The van der Waals surface area contributed by atoms with E-state index >= 15 is 0 Å². The lowest BCUT2D eigenvalue weighted by molar-refractivity contribution is 0.682. The van der Waals surface area contributed by atoms with Gasteiger partial charge in [0, 0.05) is 41.6 Å². The first-order valence-electron chi connectivity index (χ1n) is 5.82. The van der Waals surface area contributed by atoms with Gasteiger partial charge in [0.05, 0.1) is 0 Å². The first kappa shape index (κ1) is 13.2. The number of rotatable bonds is 4. The SMILES string of the molecule is CNCc1cc(Br)cnc1N(C)C1CCSC1. The Morgan fingerprint density at radius 3 is 3.12 bits per heavy atom. The second-order valence-electron chi connectivity index (χ2n) is 4.29. The Bertz CT molecular complexity index is 380. The molecule has 1 aromatic rings. The number of nitrogens with one attached hydrogen (secondary N) is 1. The number of hydrogen-bond donors (Lipinski definition) is 1. The maximum atomic E-state index is 4.57. The van der Waals surface area contributed by atoms with Crippen molar-refractivity contribution < 1.29 is 0 Å². The van der Waals surface area contributed by atoms with Crippen LogP contribution in [0, 0.1) is 0 Å². The third-order valence-electron chi connectivity index (χ3n) is 3.06. The molecule has 2 rings (SSSR count). The van der Waals surface area contributed by atoms with Crippen molar-refractivity contribution in [1.29, 1.82) is 0 Å². The molecule has 1 aliphatic heterocycles. The molecule has 1 unspecified atom stereocenters. The van der Waals surface area contributed by atoms with E-state index < -0.39 is 0 Å². The van der Waals surface area contributed by atoms with Crippen molar-refractivity contribution in [1.82, 2.24) is 10.3 Å². The molecule has 0 aliphatic carbocycles. The summed E-state index contributed by atoms with van der Waals surface area (Å²) in [6.07, 6.45) is 3.14. The molecular formula is C12H18BrN3S. The van der Waals surface area contributed by atoms with Crippen LogP contribution < -0.4 is 10.2 Å². The van der Waals surface area contributed by atoms with E-state index in [1.807, 2.05) is 25.0 Å². The average molecular weight is 316 g/mol. The van der Waals surface area contributed by atoms with Gasteiger partial charge in [0.25, 0.3) is 0 Å². The number of nitrogens with zero attached hydrogens (tertiary/aromatic N) is 2. The lowest BCUT2D eigenvalue weighted by Crippen LogP contribution is -2.33. The Morgan fingerprint density at radius 1 is 1.65 bits per heavy atom. The van der Waals surface area contributed by atoms with Crippen molar-refractivity contribution >= 4 is 33.5 Å². The standard InChI is InChI=1S/C12H18BrN3S/c1-14-6-9-5-10(13)7-15-12(9)16(2)11-3-4-17-8-11/h5,7,11,14H,3-4,6,8H2,1-2H3. The van der Waals surface area contributed by atoms with E-state index in [1.165, 1.54) is 23.5 Å². The molecule has 5 heteroatoms. The normalized spacial score (nSPS) is 19.6. The summed E-state index contributed by atoms with van der Waals surface area (Å²) in [4.78, 5) is 6.90. The zero-order valence-corrected chi connectivity index (χ0v) is 12.6. The highest BCUT2D eigenvalue weighted by Crippen LogP contribution is 2.28. The minimum Gasteiger partial charge on any atom is -0.356 e. The van der Waals surface area contributed by atoms with Crippen LogP contribution in [0.4, 0.5) is 5.82 Å². The van der Waals surface area contributed by atoms with Gasteiger partial charge in [-0.1, -0.05) is 0 Å². The monoisotopic (exact) mass is 315 g/mol. The minimum atomic E-state index is 0.629. The molecule has 17 heavy (non-hydrogen) atoms. The van der Waals surface area contributed by atoms with Gasteiger partial charge in [0.1, 0.15) is 5.82 Å². The summed E-state index contributed by atoms with van der Waals surface area (Å²) in [7, 11) is 4.13. The molecule has 1 saturated heterocycles. The first-order chi connectivity index (χ1) is 8.22. The second kappa shape index (κ2) is 6.07. The van der Waals surface area contributed by atoms with Gasteiger partial charge >= 0.3 is 0 Å². The predicted molar refractivity (Wildman–Crippen MR) is 78.8 cm³/mol. The third kappa shape index (κ3) is 3.14. The molecule has 1 atom stereocenters. The molecule has 1 fully saturated rings. The first-order valence-corrected chi connectivity index (χ1v) is 7.76. The van der Waals surface area contributed by atoms with Gasteiger partial charge in [0.15, 0.2) is 0 Å². The predicted octanol–water partition coefficient (Wildman–Crippen LogP) is 2.51. The van der Waals surface area contributed by atoms with E-state index in [0.717, 1.165) is 16.8 Å². The largest absolute Gasteiger partial charge is 0.356 e. The lowest BCUT2D eigenvalue weighted by Gasteiger charge is -2.27. The van der Waals surface area contributed by atoms with E-state index in [9.17, 15) is 0 Å². The number of halogens is 1. The van der Waals surface area contributed by atoms with Crippen molar-refractivity contribution in [2.24, 2.45) is 0 Å². The molecule has 1 N–H and O–H groups in total. The van der Waals surface area contributed by atoms with Gasteiger partial charge < -0.3 is 10.2 Å². The molecule has 1 aromatic heterocycles. The van der Waals surface area contributed by atoms with Crippen molar-refractivity contribution in [2.45, 2.75) is 19.0 Å². The quantitative estimate of drug-likeness (QED) is 0.924. The fourth-order valence-electron chi connectivity index (χ4n) is 2.11. The summed E-state index contributed by atoms with van der Waals surface area (Å²) >= 11 is 5.52. The van der Waals surface area contributed by atoms with Gasteiger partial charge in [0.2, 0.25) is 0 Å². The average Bonchev–Trinajstić information content (AvgIpc) is 2.82. The molecule has 94 valence electrons. The Balaban J connectivity index is 2.23. The Hall–Kier alpha value is -0.260. The van der Waals surface area contributed by atoms with Crippen LogP contribution in [0.3, 0.4) is 0 Å². The Morgan fingerprint density at radius 2 is 2.47 bits per heavy atom. The smallest absolute Gasteiger partial charge is 0.133 e. The summed E-state index contributed by atoms with van der Waals surface area (Å²) in [6.45, 7) is 0.853. The molecule has 2 heterocycles. The van der Waals surface area contributed by atoms with Gasteiger partial charge in [-0.15, -0.1) is 0 Å². The molecule has 0 aromatic carbocycles. The van der Waals surface area contributed by atoms with E-state index in [2.05, 4.69) is 44.2 Å². The van der Waals surface area contributed by atoms with Crippen LogP contribution in [-0.4, -0.2) is 36.6 Å². The highest BCUT2D eigenvalue weighted by atomic mass is 79.9. The van der Waals surface area contributed by atoms with Crippen LogP contribution in [0.15, 0.2) is 16.7 Å². The summed E-state index contributed by atoms with van der Waals surface area (Å²) < 4.78 is 1.04. The Kier molecular flexibility index (Phi) is 4.70. The van der Waals surface area contributed by atoms with Gasteiger partial charge in [-0.3, -0.25) is 0 Å². The number of pyridine rings is 1. The fourth-order valence-corrected chi connectivity index (χ4v) is 3.76. The maximum Gasteiger partial charge on any atom is 0.133 e. The molecular weight excluding hydrogens is 298 g/mol. The van der Waals surface area contributed by atoms with Crippen molar-refractivity contribution in [2.75, 3.05) is 30.5 Å². The molecule has 0 saturated carbocycles. The zero-order chi connectivity index (χ0) is 12.3. The minimum absolute atomic E-state index is 0.629. The van der Waals surface area contributed by atoms with Crippen LogP contribution in [-0.2, 0) is 6.54 Å². The fraction of sp³-hybridized carbons (Fsp3) is 0.583. The molecule has 0 radical (unpaired) electrons. The maximum absolute atomic E-state index is 4.57. The van der Waals surface area contributed by atoms with E-state index in [4.69, 9.17) is 0 Å². The van der Waals surface area contributed by atoms with Crippen LogP contribution in [0.1, 0.15) is 12.0 Å². The van der Waals surface area contributed by atoms with Crippen LogP contribution in [0.25, 0.3) is 0 Å². The van der Waals surface area contributed by atoms with Crippen LogP contribution in [0.2, 0.25) is 0 Å². The van der Waals surface area contributed by atoms with E-state index in [-0.39, 0.29) is 0 Å². The van der Waals surface area contributed by atoms with Gasteiger partial charge in [-0.05, 0) is 41.2 Å². The lowest BCUT2D eigenvalue weighted by atomic mass is 10.2. The van der Waals surface area contributed by atoms with Crippen molar-refractivity contribution in [3.8, 4) is 0 Å².